The molecule has 0 radical (unpaired) electrons. The van der Waals surface area contributed by atoms with Crippen molar-refractivity contribution in [3.05, 3.63) is 77.6 Å². The Hall–Kier alpha value is -2.83. The Bertz CT molecular complexity index is 1140. The van der Waals surface area contributed by atoms with Crippen LogP contribution in [0.1, 0.15) is 57.4 Å². The Morgan fingerprint density at radius 3 is 2.08 bits per heavy atom. The molecule has 3 aromatic rings. The molecule has 0 spiro atoms. The first-order valence-electron chi connectivity index (χ1n) is 12.8. The van der Waals surface area contributed by atoms with Crippen molar-refractivity contribution in [1.82, 2.24) is 0 Å². The van der Waals surface area contributed by atoms with Gasteiger partial charge in [-0.1, -0.05) is 69.5 Å². The third-order valence-corrected chi connectivity index (χ3v) is 6.51. The van der Waals surface area contributed by atoms with E-state index < -0.39 is 11.6 Å². The van der Waals surface area contributed by atoms with E-state index in [4.69, 9.17) is 14.2 Å². The van der Waals surface area contributed by atoms with Gasteiger partial charge < -0.3 is 14.2 Å². The van der Waals surface area contributed by atoms with Gasteiger partial charge in [-0.05, 0) is 47.7 Å². The highest BCUT2D eigenvalue weighted by Crippen LogP contribution is 2.33. The topological polar surface area (TPSA) is 27.7 Å². The summed E-state index contributed by atoms with van der Waals surface area (Å²) in [5, 5.41) is 0. The van der Waals surface area contributed by atoms with Crippen LogP contribution in [0.3, 0.4) is 0 Å². The lowest BCUT2D eigenvalue weighted by molar-refractivity contribution is -0.189. The summed E-state index contributed by atoms with van der Waals surface area (Å²) >= 11 is 0. The largest absolute Gasteiger partial charge is 0.490 e. The Morgan fingerprint density at radius 1 is 0.778 bits per heavy atom. The summed E-state index contributed by atoms with van der Waals surface area (Å²) < 4.78 is 61.2. The minimum absolute atomic E-state index is 0.0134. The summed E-state index contributed by atoms with van der Waals surface area (Å²) in [6, 6.07) is 14.9. The average molecular weight is 499 g/mol. The number of ether oxygens (including phenoxy) is 3. The first-order chi connectivity index (χ1) is 17.5. The molecule has 0 bridgehead atoms. The average Bonchev–Trinajstić information content (AvgIpc) is 2.90. The van der Waals surface area contributed by atoms with Crippen LogP contribution in [-0.4, -0.2) is 26.1 Å². The number of hydrogen-bond acceptors (Lipinski definition) is 3. The zero-order valence-corrected chi connectivity index (χ0v) is 20.9. The van der Waals surface area contributed by atoms with Crippen LogP contribution < -0.4 is 4.74 Å². The Labute approximate surface area is 211 Å². The Morgan fingerprint density at radius 2 is 1.44 bits per heavy atom. The van der Waals surface area contributed by atoms with Gasteiger partial charge in [0.15, 0.2) is 17.9 Å². The minimum Gasteiger partial charge on any atom is -0.490 e. The van der Waals surface area contributed by atoms with Gasteiger partial charge in [-0.3, -0.25) is 0 Å². The SMILES string of the molecule is CCCCCOc1ccc(-c2ccc(-c3ccc(C4COC(CCC)OC4)cc3F)cc2)c(F)c1F. The molecule has 4 rings (SSSR count). The van der Waals surface area contributed by atoms with Crippen LogP contribution in [0.2, 0.25) is 0 Å². The van der Waals surface area contributed by atoms with Crippen molar-refractivity contribution in [2.45, 2.75) is 58.2 Å². The highest BCUT2D eigenvalue weighted by molar-refractivity contribution is 5.71. The molecule has 0 unspecified atom stereocenters. The summed E-state index contributed by atoms with van der Waals surface area (Å²) in [6.07, 6.45) is 4.44. The molecule has 6 heteroatoms. The van der Waals surface area contributed by atoms with E-state index in [1.165, 1.54) is 18.2 Å². The summed E-state index contributed by atoms with van der Waals surface area (Å²) in [6.45, 7) is 5.50. The number of halogens is 3. The van der Waals surface area contributed by atoms with Gasteiger partial charge in [-0.2, -0.15) is 4.39 Å². The summed E-state index contributed by atoms with van der Waals surface area (Å²) in [7, 11) is 0. The lowest BCUT2D eigenvalue weighted by Gasteiger charge is -2.29. The van der Waals surface area contributed by atoms with E-state index in [0.717, 1.165) is 37.7 Å². The molecule has 0 atom stereocenters. The van der Waals surface area contributed by atoms with Gasteiger partial charge in [0.1, 0.15) is 5.82 Å². The Kier molecular flexibility index (Phi) is 9.05. The molecule has 0 amide bonds. The first kappa shape index (κ1) is 26.2. The molecule has 192 valence electrons. The summed E-state index contributed by atoms with van der Waals surface area (Å²) in [5.41, 5.74) is 2.56. The molecule has 1 aliphatic rings. The van der Waals surface area contributed by atoms with E-state index in [1.54, 1.807) is 30.3 Å². The third-order valence-electron chi connectivity index (χ3n) is 6.51. The van der Waals surface area contributed by atoms with E-state index >= 15 is 4.39 Å². The molecular formula is C30H33F3O3. The molecule has 3 nitrogen and oxygen atoms in total. The lowest BCUT2D eigenvalue weighted by atomic mass is 9.95. The number of unbranched alkanes of at least 4 members (excludes halogenated alkanes) is 2. The first-order valence-corrected chi connectivity index (χ1v) is 12.8. The van der Waals surface area contributed by atoms with E-state index in [0.29, 0.717) is 36.5 Å². The van der Waals surface area contributed by atoms with Crippen molar-refractivity contribution in [2.24, 2.45) is 0 Å². The van der Waals surface area contributed by atoms with Gasteiger partial charge in [0.05, 0.1) is 19.8 Å². The van der Waals surface area contributed by atoms with Crippen LogP contribution in [-0.2, 0) is 9.47 Å². The standard InChI is InChI=1S/C30H33F3O3/c1-3-5-6-16-34-27-15-14-25(29(32)30(27)33)21-10-8-20(9-11-21)24-13-12-22(17-26(24)31)23-18-35-28(7-4-2)36-19-23/h8-15,17,23,28H,3-7,16,18-19H2,1-2H3. The molecule has 1 fully saturated rings. The smallest absolute Gasteiger partial charge is 0.201 e. The van der Waals surface area contributed by atoms with Crippen molar-refractivity contribution in [2.75, 3.05) is 19.8 Å². The zero-order valence-electron chi connectivity index (χ0n) is 20.9. The highest BCUT2D eigenvalue weighted by Gasteiger charge is 2.24. The quantitative estimate of drug-likeness (QED) is 0.263. The fraction of sp³-hybridized carbons (Fsp3) is 0.400. The van der Waals surface area contributed by atoms with Crippen LogP contribution in [0.5, 0.6) is 5.75 Å². The van der Waals surface area contributed by atoms with Gasteiger partial charge in [0.2, 0.25) is 5.82 Å². The zero-order chi connectivity index (χ0) is 25.5. The van der Waals surface area contributed by atoms with Crippen molar-refractivity contribution in [1.29, 1.82) is 0 Å². The number of hydrogen-bond donors (Lipinski definition) is 0. The molecule has 0 aliphatic carbocycles. The highest BCUT2D eigenvalue weighted by atomic mass is 19.2. The lowest BCUT2D eigenvalue weighted by Crippen LogP contribution is -2.30. The molecular weight excluding hydrogens is 465 g/mol. The fourth-order valence-electron chi connectivity index (χ4n) is 4.39. The minimum atomic E-state index is -0.994. The van der Waals surface area contributed by atoms with Crippen molar-refractivity contribution in [3.8, 4) is 28.0 Å². The molecule has 1 heterocycles. The normalized spacial score (nSPS) is 17.8. The number of rotatable bonds is 10. The van der Waals surface area contributed by atoms with Crippen LogP contribution in [0, 0.1) is 17.5 Å². The second kappa shape index (κ2) is 12.4. The van der Waals surface area contributed by atoms with Crippen LogP contribution in [0.4, 0.5) is 13.2 Å². The molecule has 1 saturated heterocycles. The van der Waals surface area contributed by atoms with Crippen molar-refractivity contribution < 1.29 is 27.4 Å². The van der Waals surface area contributed by atoms with E-state index in [1.807, 2.05) is 6.07 Å². The maximum atomic E-state index is 15.0. The maximum Gasteiger partial charge on any atom is 0.201 e. The Balaban J connectivity index is 1.45. The molecule has 0 saturated carbocycles. The molecule has 3 aromatic carbocycles. The van der Waals surface area contributed by atoms with Crippen molar-refractivity contribution in [3.63, 3.8) is 0 Å². The summed E-state index contributed by atoms with van der Waals surface area (Å²) in [4.78, 5) is 0. The second-order valence-electron chi connectivity index (χ2n) is 9.19. The summed E-state index contributed by atoms with van der Waals surface area (Å²) in [5.74, 6) is -2.39. The van der Waals surface area contributed by atoms with Gasteiger partial charge in [-0.25, -0.2) is 8.78 Å². The molecule has 1 aliphatic heterocycles. The maximum absolute atomic E-state index is 15.0. The van der Waals surface area contributed by atoms with Crippen LogP contribution in [0.25, 0.3) is 22.3 Å². The van der Waals surface area contributed by atoms with E-state index in [2.05, 4.69) is 13.8 Å². The van der Waals surface area contributed by atoms with E-state index in [-0.39, 0.29) is 29.3 Å². The van der Waals surface area contributed by atoms with E-state index in [9.17, 15) is 8.78 Å². The van der Waals surface area contributed by atoms with Crippen molar-refractivity contribution >= 4 is 0 Å². The predicted octanol–water partition coefficient (Wildman–Crippen LogP) is 8.26. The van der Waals surface area contributed by atoms with Crippen LogP contribution >= 0.6 is 0 Å². The molecule has 36 heavy (non-hydrogen) atoms. The third kappa shape index (κ3) is 6.11. The van der Waals surface area contributed by atoms with Gasteiger partial charge in [0.25, 0.3) is 0 Å². The molecule has 0 aromatic heterocycles. The van der Waals surface area contributed by atoms with Gasteiger partial charge >= 0.3 is 0 Å². The monoisotopic (exact) mass is 498 g/mol. The molecule has 0 N–H and O–H groups in total. The second-order valence-corrected chi connectivity index (χ2v) is 9.19. The number of benzene rings is 3. The van der Waals surface area contributed by atoms with Gasteiger partial charge in [-0.15, -0.1) is 0 Å². The fourth-order valence-corrected chi connectivity index (χ4v) is 4.39. The van der Waals surface area contributed by atoms with Crippen LogP contribution in [0.15, 0.2) is 54.6 Å². The predicted molar refractivity (Wildman–Crippen MR) is 136 cm³/mol. The van der Waals surface area contributed by atoms with Gasteiger partial charge in [0, 0.05) is 17.0 Å².